The molecule has 2 aromatic rings. The molecular formula is C14H9Cl3O3. The van der Waals surface area contributed by atoms with Crippen molar-refractivity contribution >= 4 is 40.8 Å². The van der Waals surface area contributed by atoms with Gasteiger partial charge in [-0.2, -0.15) is 0 Å². The number of hydrogen-bond donors (Lipinski definition) is 0. The predicted molar refractivity (Wildman–Crippen MR) is 79.0 cm³/mol. The zero-order valence-electron chi connectivity index (χ0n) is 10.1. The standard InChI is InChI=1S/C14H9Cl3O3/c15-10-6-12(17)13(7-11(10)16)19-8-14(18)20-9-4-2-1-3-5-9/h1-7H,8H2. The van der Waals surface area contributed by atoms with Crippen LogP contribution in [0.5, 0.6) is 11.5 Å². The second kappa shape index (κ2) is 6.84. The van der Waals surface area contributed by atoms with Gasteiger partial charge < -0.3 is 9.47 Å². The van der Waals surface area contributed by atoms with Crippen molar-refractivity contribution in [2.45, 2.75) is 0 Å². The van der Waals surface area contributed by atoms with Gasteiger partial charge in [0, 0.05) is 6.07 Å². The van der Waals surface area contributed by atoms with Crippen LogP contribution in [0, 0.1) is 0 Å². The Hall–Kier alpha value is -1.42. The second-order valence-electron chi connectivity index (χ2n) is 3.77. The van der Waals surface area contributed by atoms with Crippen LogP contribution in [0.4, 0.5) is 0 Å². The summed E-state index contributed by atoms with van der Waals surface area (Å²) in [6, 6.07) is 11.6. The van der Waals surface area contributed by atoms with E-state index >= 15 is 0 Å². The van der Waals surface area contributed by atoms with Gasteiger partial charge in [0.2, 0.25) is 0 Å². The number of hydrogen-bond acceptors (Lipinski definition) is 3. The van der Waals surface area contributed by atoms with Crippen LogP contribution in [0.3, 0.4) is 0 Å². The highest BCUT2D eigenvalue weighted by molar-refractivity contribution is 6.43. The molecule has 104 valence electrons. The highest BCUT2D eigenvalue weighted by Crippen LogP contribution is 2.33. The Bertz CT molecular complexity index is 615. The maximum Gasteiger partial charge on any atom is 0.349 e. The monoisotopic (exact) mass is 330 g/mol. The van der Waals surface area contributed by atoms with E-state index < -0.39 is 5.97 Å². The van der Waals surface area contributed by atoms with Gasteiger partial charge >= 0.3 is 5.97 Å². The lowest BCUT2D eigenvalue weighted by atomic mass is 10.3. The Balaban J connectivity index is 1.95. The van der Waals surface area contributed by atoms with E-state index in [1.807, 2.05) is 6.07 Å². The van der Waals surface area contributed by atoms with Crippen LogP contribution in [-0.2, 0) is 4.79 Å². The number of halogens is 3. The summed E-state index contributed by atoms with van der Waals surface area (Å²) >= 11 is 17.6. The lowest BCUT2D eigenvalue weighted by Gasteiger charge is -2.09. The lowest BCUT2D eigenvalue weighted by molar-refractivity contribution is -0.136. The summed E-state index contributed by atoms with van der Waals surface area (Å²) in [5, 5.41) is 0.880. The number of rotatable bonds is 4. The van der Waals surface area contributed by atoms with E-state index in [9.17, 15) is 4.79 Å². The summed E-state index contributed by atoms with van der Waals surface area (Å²) in [4.78, 5) is 11.6. The number of benzene rings is 2. The fourth-order valence-electron chi connectivity index (χ4n) is 1.40. The van der Waals surface area contributed by atoms with E-state index in [2.05, 4.69) is 0 Å². The SMILES string of the molecule is O=C(COc1cc(Cl)c(Cl)cc1Cl)Oc1ccccc1. The molecule has 2 rings (SSSR count). The first-order valence-electron chi connectivity index (χ1n) is 5.59. The van der Waals surface area contributed by atoms with Gasteiger partial charge in [-0.05, 0) is 18.2 Å². The molecule has 20 heavy (non-hydrogen) atoms. The molecule has 0 saturated carbocycles. The quantitative estimate of drug-likeness (QED) is 0.465. The molecule has 0 N–H and O–H groups in total. The van der Waals surface area contributed by atoms with Gasteiger partial charge in [-0.1, -0.05) is 53.0 Å². The van der Waals surface area contributed by atoms with Crippen molar-refractivity contribution in [1.29, 1.82) is 0 Å². The minimum absolute atomic E-state index is 0.270. The zero-order valence-corrected chi connectivity index (χ0v) is 12.4. The molecule has 0 fully saturated rings. The van der Waals surface area contributed by atoms with Crippen molar-refractivity contribution in [1.82, 2.24) is 0 Å². The summed E-state index contributed by atoms with van der Waals surface area (Å²) in [7, 11) is 0. The number of para-hydroxylation sites is 1. The van der Waals surface area contributed by atoms with Crippen molar-refractivity contribution in [3.05, 3.63) is 57.5 Å². The summed E-state index contributed by atoms with van der Waals surface area (Å²) in [5.41, 5.74) is 0. The average molecular weight is 332 g/mol. The van der Waals surface area contributed by atoms with E-state index in [0.717, 1.165) is 0 Å². The van der Waals surface area contributed by atoms with Crippen molar-refractivity contribution in [3.63, 3.8) is 0 Å². The van der Waals surface area contributed by atoms with E-state index in [1.165, 1.54) is 12.1 Å². The first-order valence-corrected chi connectivity index (χ1v) is 6.72. The third kappa shape index (κ3) is 4.04. The van der Waals surface area contributed by atoms with E-state index in [1.54, 1.807) is 24.3 Å². The summed E-state index contributed by atoms with van der Waals surface area (Å²) in [6.07, 6.45) is 0. The van der Waals surface area contributed by atoms with Gasteiger partial charge in [0.1, 0.15) is 11.5 Å². The predicted octanol–water partition coefficient (Wildman–Crippen LogP) is 4.63. The van der Waals surface area contributed by atoms with Gasteiger partial charge in [0.15, 0.2) is 6.61 Å². The summed E-state index contributed by atoms with van der Waals surface area (Å²) in [5.74, 6) is 0.172. The van der Waals surface area contributed by atoms with Gasteiger partial charge in [0.25, 0.3) is 0 Å². The van der Waals surface area contributed by atoms with Crippen molar-refractivity contribution in [2.24, 2.45) is 0 Å². The summed E-state index contributed by atoms with van der Waals surface area (Å²) in [6.45, 7) is -0.285. The molecule has 0 aliphatic rings. The van der Waals surface area contributed by atoms with Crippen LogP contribution >= 0.6 is 34.8 Å². The first-order chi connectivity index (χ1) is 9.56. The molecule has 0 atom stereocenters. The van der Waals surface area contributed by atoms with Gasteiger partial charge in [-0.15, -0.1) is 0 Å². The van der Waals surface area contributed by atoms with Crippen LogP contribution in [-0.4, -0.2) is 12.6 Å². The molecule has 0 saturated heterocycles. The maximum absolute atomic E-state index is 11.6. The molecule has 0 heterocycles. The Kier molecular flexibility index (Phi) is 5.12. The smallest absolute Gasteiger partial charge is 0.349 e. The molecule has 3 nitrogen and oxygen atoms in total. The minimum atomic E-state index is -0.543. The van der Waals surface area contributed by atoms with Crippen LogP contribution in [0.15, 0.2) is 42.5 Å². The van der Waals surface area contributed by atoms with Crippen molar-refractivity contribution in [2.75, 3.05) is 6.61 Å². The fraction of sp³-hybridized carbons (Fsp3) is 0.0714. The lowest BCUT2D eigenvalue weighted by Crippen LogP contribution is -2.17. The van der Waals surface area contributed by atoms with Gasteiger partial charge in [-0.3, -0.25) is 0 Å². The molecule has 2 aromatic carbocycles. The van der Waals surface area contributed by atoms with Gasteiger partial charge in [0.05, 0.1) is 15.1 Å². The Morgan fingerprint density at radius 3 is 2.30 bits per heavy atom. The molecule has 0 aliphatic carbocycles. The number of ether oxygens (including phenoxy) is 2. The number of carbonyl (C=O) groups is 1. The highest BCUT2D eigenvalue weighted by Gasteiger charge is 2.10. The number of carbonyl (C=O) groups excluding carboxylic acids is 1. The molecular weight excluding hydrogens is 323 g/mol. The second-order valence-corrected chi connectivity index (χ2v) is 4.99. The minimum Gasteiger partial charge on any atom is -0.480 e. The molecule has 6 heteroatoms. The van der Waals surface area contributed by atoms with Gasteiger partial charge in [-0.25, -0.2) is 4.79 Å². The van der Waals surface area contributed by atoms with Crippen molar-refractivity contribution < 1.29 is 14.3 Å². The molecule has 0 aromatic heterocycles. The maximum atomic E-state index is 11.6. The molecule has 0 unspecified atom stereocenters. The Morgan fingerprint density at radius 2 is 1.60 bits per heavy atom. The van der Waals surface area contributed by atoms with Crippen molar-refractivity contribution in [3.8, 4) is 11.5 Å². The third-order valence-electron chi connectivity index (χ3n) is 2.30. The molecule has 0 radical (unpaired) electrons. The molecule has 0 aliphatic heterocycles. The molecule has 0 bridgehead atoms. The van der Waals surface area contributed by atoms with E-state index in [0.29, 0.717) is 15.8 Å². The largest absolute Gasteiger partial charge is 0.480 e. The van der Waals surface area contributed by atoms with Crippen LogP contribution < -0.4 is 9.47 Å². The molecule has 0 amide bonds. The Morgan fingerprint density at radius 1 is 0.950 bits per heavy atom. The van der Waals surface area contributed by atoms with E-state index in [-0.39, 0.29) is 17.4 Å². The topological polar surface area (TPSA) is 35.5 Å². The summed E-state index contributed by atoms with van der Waals surface area (Å²) < 4.78 is 10.3. The normalized spacial score (nSPS) is 10.2. The first kappa shape index (κ1) is 15.0. The third-order valence-corrected chi connectivity index (χ3v) is 3.31. The highest BCUT2D eigenvalue weighted by atomic mass is 35.5. The number of esters is 1. The zero-order chi connectivity index (χ0) is 14.5. The van der Waals surface area contributed by atoms with Crippen LogP contribution in [0.1, 0.15) is 0 Å². The van der Waals surface area contributed by atoms with Crippen LogP contribution in [0.25, 0.3) is 0 Å². The van der Waals surface area contributed by atoms with Crippen LogP contribution in [0.2, 0.25) is 15.1 Å². The fourth-order valence-corrected chi connectivity index (χ4v) is 1.99. The van der Waals surface area contributed by atoms with E-state index in [4.69, 9.17) is 44.3 Å². The molecule has 0 spiro atoms. The Labute approximate surface area is 131 Å². The average Bonchev–Trinajstić information content (AvgIpc) is 2.42.